The maximum Gasteiger partial charge on any atom is 0.373 e. The van der Waals surface area contributed by atoms with Gasteiger partial charge in [0.15, 0.2) is 11.5 Å². The molecule has 2 N–H and O–H groups in total. The monoisotopic (exact) mass is 280 g/mol. The van der Waals surface area contributed by atoms with Crippen LogP contribution in [0.25, 0.3) is 33.6 Å². The second-order valence-corrected chi connectivity index (χ2v) is 4.03. The molecule has 0 aromatic carbocycles. The van der Waals surface area contributed by atoms with Crippen LogP contribution in [0.4, 0.5) is 0 Å². The first kappa shape index (κ1) is 12.6. The average molecular weight is 280 g/mol. The Morgan fingerprint density at radius 3 is 2.81 bits per heavy atom. The molecular weight excluding hydrogens is 272 g/mol. The van der Waals surface area contributed by atoms with E-state index in [1.54, 1.807) is 18.6 Å². The maximum atomic E-state index is 8.12. The lowest BCUT2D eigenvalue weighted by Crippen LogP contribution is -1.81. The number of carbonyl (C=O) groups excluding carboxylic acids is 2. The molecule has 0 radical (unpaired) electrons. The van der Waals surface area contributed by atoms with E-state index in [4.69, 9.17) is 9.59 Å². The van der Waals surface area contributed by atoms with E-state index >= 15 is 0 Å². The molecule has 8 nitrogen and oxygen atoms in total. The Morgan fingerprint density at radius 1 is 1.14 bits per heavy atom. The average Bonchev–Trinajstić information content (AvgIpc) is 3.11. The molecule has 21 heavy (non-hydrogen) atoms. The second-order valence-electron chi connectivity index (χ2n) is 4.03. The summed E-state index contributed by atoms with van der Waals surface area (Å²) in [7, 11) is 0. The highest BCUT2D eigenvalue weighted by Crippen LogP contribution is 2.24. The van der Waals surface area contributed by atoms with Crippen molar-refractivity contribution in [3.05, 3.63) is 36.8 Å². The highest BCUT2D eigenvalue weighted by Gasteiger charge is 2.11. The topological polar surface area (TPSA) is 117 Å². The van der Waals surface area contributed by atoms with Crippen LogP contribution < -0.4 is 0 Å². The van der Waals surface area contributed by atoms with Gasteiger partial charge >= 0.3 is 6.15 Å². The van der Waals surface area contributed by atoms with Gasteiger partial charge in [-0.05, 0) is 18.2 Å². The molecule has 0 unspecified atom stereocenters. The number of pyridine rings is 2. The minimum atomic E-state index is 0.250. The fourth-order valence-electron chi connectivity index (χ4n) is 2.01. The SMILES string of the molecule is O=C=O.c1cnc2n[nH]c(-c3nc4ccncc4[nH]3)c2c1. The van der Waals surface area contributed by atoms with Crippen LogP contribution >= 0.6 is 0 Å². The smallest absolute Gasteiger partial charge is 0.335 e. The first-order chi connectivity index (χ1) is 10.3. The molecular formula is C13H8N6O2. The molecule has 8 heteroatoms. The number of nitrogens with one attached hydrogen (secondary N) is 2. The van der Waals surface area contributed by atoms with Gasteiger partial charge in [0.1, 0.15) is 5.69 Å². The van der Waals surface area contributed by atoms with Crippen LogP contribution in [0.2, 0.25) is 0 Å². The number of aromatic nitrogens is 6. The molecule has 4 heterocycles. The zero-order chi connectivity index (χ0) is 14.7. The number of hydrogen-bond donors (Lipinski definition) is 2. The van der Waals surface area contributed by atoms with Gasteiger partial charge in [-0.3, -0.25) is 10.1 Å². The summed E-state index contributed by atoms with van der Waals surface area (Å²) in [6.07, 6.45) is 5.44. The van der Waals surface area contributed by atoms with Crippen molar-refractivity contribution in [2.75, 3.05) is 0 Å². The zero-order valence-electron chi connectivity index (χ0n) is 10.6. The highest BCUT2D eigenvalue weighted by atomic mass is 16.2. The molecule has 0 aliphatic rings. The summed E-state index contributed by atoms with van der Waals surface area (Å²) >= 11 is 0. The lowest BCUT2D eigenvalue weighted by atomic mass is 10.2. The molecule has 4 rings (SSSR count). The van der Waals surface area contributed by atoms with Gasteiger partial charge < -0.3 is 4.98 Å². The molecule has 0 amide bonds. The predicted octanol–water partition coefficient (Wildman–Crippen LogP) is 1.31. The first-order valence-corrected chi connectivity index (χ1v) is 5.92. The number of aromatic amines is 2. The molecule has 0 spiro atoms. The van der Waals surface area contributed by atoms with Crippen molar-refractivity contribution in [1.82, 2.24) is 30.1 Å². The van der Waals surface area contributed by atoms with E-state index in [1.165, 1.54) is 0 Å². The Bertz CT molecular complexity index is 903. The number of hydrogen-bond acceptors (Lipinski definition) is 6. The van der Waals surface area contributed by atoms with E-state index in [9.17, 15) is 0 Å². The number of H-pyrrole nitrogens is 2. The van der Waals surface area contributed by atoms with Gasteiger partial charge in [-0.25, -0.2) is 9.97 Å². The molecule has 102 valence electrons. The third kappa shape index (κ3) is 2.26. The molecule has 4 aromatic heterocycles. The predicted molar refractivity (Wildman–Crippen MR) is 71.8 cm³/mol. The van der Waals surface area contributed by atoms with Crippen molar-refractivity contribution in [3.63, 3.8) is 0 Å². The van der Waals surface area contributed by atoms with Crippen LogP contribution in [0.5, 0.6) is 0 Å². The fraction of sp³-hybridized carbons (Fsp3) is 0. The van der Waals surface area contributed by atoms with Crippen molar-refractivity contribution < 1.29 is 9.59 Å². The third-order valence-corrected chi connectivity index (χ3v) is 2.85. The van der Waals surface area contributed by atoms with E-state index in [-0.39, 0.29) is 6.15 Å². The van der Waals surface area contributed by atoms with Crippen LogP contribution in [-0.4, -0.2) is 36.3 Å². The van der Waals surface area contributed by atoms with E-state index < -0.39 is 0 Å². The summed E-state index contributed by atoms with van der Waals surface area (Å²) in [5.41, 5.74) is 3.31. The van der Waals surface area contributed by atoms with Gasteiger partial charge in [0.05, 0.1) is 17.2 Å². The molecule has 0 fully saturated rings. The van der Waals surface area contributed by atoms with Crippen molar-refractivity contribution in [3.8, 4) is 11.5 Å². The van der Waals surface area contributed by atoms with Gasteiger partial charge in [0.25, 0.3) is 0 Å². The molecule has 4 aromatic rings. The molecule has 0 aliphatic heterocycles. The van der Waals surface area contributed by atoms with Gasteiger partial charge in [-0.1, -0.05) is 0 Å². The Labute approximate surface area is 117 Å². The Kier molecular flexibility index (Phi) is 3.20. The van der Waals surface area contributed by atoms with E-state index in [0.29, 0.717) is 5.65 Å². The minimum absolute atomic E-state index is 0.250. The van der Waals surface area contributed by atoms with Crippen molar-refractivity contribution in [2.45, 2.75) is 0 Å². The Morgan fingerprint density at radius 2 is 2.00 bits per heavy atom. The molecule has 0 atom stereocenters. The second kappa shape index (κ2) is 5.32. The lowest BCUT2D eigenvalue weighted by molar-refractivity contribution is -0.191. The van der Waals surface area contributed by atoms with Crippen molar-refractivity contribution in [1.29, 1.82) is 0 Å². The highest BCUT2D eigenvalue weighted by molar-refractivity contribution is 5.90. The summed E-state index contributed by atoms with van der Waals surface area (Å²) in [6.45, 7) is 0. The number of rotatable bonds is 1. The third-order valence-electron chi connectivity index (χ3n) is 2.85. The van der Waals surface area contributed by atoms with E-state index in [0.717, 1.165) is 27.9 Å². The first-order valence-electron chi connectivity index (χ1n) is 5.92. The van der Waals surface area contributed by atoms with Gasteiger partial charge in [-0.15, -0.1) is 0 Å². The van der Waals surface area contributed by atoms with Crippen LogP contribution in [-0.2, 0) is 9.59 Å². The summed E-state index contributed by atoms with van der Waals surface area (Å²) < 4.78 is 0. The Balaban J connectivity index is 0.000000409. The number of nitrogens with zero attached hydrogens (tertiary/aromatic N) is 4. The largest absolute Gasteiger partial charge is 0.373 e. The van der Waals surface area contributed by atoms with Crippen LogP contribution in [0.3, 0.4) is 0 Å². The molecule has 0 saturated heterocycles. The maximum absolute atomic E-state index is 8.12. The molecule has 0 aliphatic carbocycles. The van der Waals surface area contributed by atoms with Crippen molar-refractivity contribution in [2.24, 2.45) is 0 Å². The number of imidazole rings is 1. The van der Waals surface area contributed by atoms with E-state index in [2.05, 4.69) is 30.1 Å². The fourth-order valence-corrected chi connectivity index (χ4v) is 2.01. The zero-order valence-corrected chi connectivity index (χ0v) is 10.6. The lowest BCUT2D eigenvalue weighted by Gasteiger charge is -1.91. The Hall–Kier alpha value is -3.38. The van der Waals surface area contributed by atoms with Gasteiger partial charge in [0, 0.05) is 17.8 Å². The van der Waals surface area contributed by atoms with Crippen LogP contribution in [0.1, 0.15) is 0 Å². The number of fused-ring (bicyclic) bond motifs is 2. The quantitative estimate of drug-likeness (QED) is 0.543. The van der Waals surface area contributed by atoms with Gasteiger partial charge in [0.2, 0.25) is 0 Å². The summed E-state index contributed by atoms with van der Waals surface area (Å²) in [4.78, 5) is 32.2. The minimum Gasteiger partial charge on any atom is -0.335 e. The standard InChI is InChI=1S/C12H8N6.CO2/c1-2-7-10(17-18-11(7)14-4-1)12-15-8-3-5-13-6-9(8)16-12;2-1-3/h1-6H,(H,15,16)(H,14,17,18);. The summed E-state index contributed by atoms with van der Waals surface area (Å²) in [5.74, 6) is 0.744. The van der Waals surface area contributed by atoms with Crippen molar-refractivity contribution >= 4 is 28.2 Å². The normalized spacial score (nSPS) is 10.1. The molecule has 0 saturated carbocycles. The molecule has 0 bridgehead atoms. The van der Waals surface area contributed by atoms with Crippen LogP contribution in [0.15, 0.2) is 36.8 Å². The van der Waals surface area contributed by atoms with E-state index in [1.807, 2.05) is 18.2 Å². The summed E-state index contributed by atoms with van der Waals surface area (Å²) in [6, 6.07) is 5.71. The summed E-state index contributed by atoms with van der Waals surface area (Å²) in [5, 5.41) is 8.07. The van der Waals surface area contributed by atoms with Gasteiger partial charge in [-0.2, -0.15) is 14.7 Å². The van der Waals surface area contributed by atoms with Crippen LogP contribution in [0, 0.1) is 0 Å².